The highest BCUT2D eigenvalue weighted by Crippen LogP contribution is 2.37. The summed E-state index contributed by atoms with van der Waals surface area (Å²) in [6, 6.07) is 0. The van der Waals surface area contributed by atoms with E-state index in [1.165, 1.54) is 0 Å². The van der Waals surface area contributed by atoms with E-state index >= 15 is 0 Å². The van der Waals surface area contributed by atoms with E-state index in [4.69, 9.17) is 0 Å². The van der Waals surface area contributed by atoms with Crippen molar-refractivity contribution < 1.29 is 10.2 Å². The molecule has 1 aromatic heterocycles. The van der Waals surface area contributed by atoms with Gasteiger partial charge in [0.15, 0.2) is 0 Å². The summed E-state index contributed by atoms with van der Waals surface area (Å²) in [4.78, 5) is 11.1. The molecule has 21 heavy (non-hydrogen) atoms. The number of aryl methyl sites for hydroxylation is 2. The number of aliphatic hydroxyl groups is 2. The summed E-state index contributed by atoms with van der Waals surface area (Å²) < 4.78 is 0. The van der Waals surface area contributed by atoms with Gasteiger partial charge in [0.25, 0.3) is 0 Å². The van der Waals surface area contributed by atoms with Gasteiger partial charge in [-0.25, -0.2) is 9.97 Å². The van der Waals surface area contributed by atoms with Gasteiger partial charge in [-0.3, -0.25) is 0 Å². The van der Waals surface area contributed by atoms with Gasteiger partial charge in [0.2, 0.25) is 0 Å². The molecule has 2 rings (SSSR count). The van der Waals surface area contributed by atoms with Gasteiger partial charge < -0.3 is 15.1 Å². The molecule has 0 radical (unpaired) electrons. The molecule has 1 fully saturated rings. The van der Waals surface area contributed by atoms with Crippen molar-refractivity contribution in [2.75, 3.05) is 24.6 Å². The fourth-order valence-electron chi connectivity index (χ4n) is 3.32. The Balaban J connectivity index is 2.23. The number of aliphatic hydroxyl groups excluding tert-OH is 2. The monoisotopic (exact) mass is 293 g/mol. The summed E-state index contributed by atoms with van der Waals surface area (Å²) in [7, 11) is 0. The molecule has 0 bridgehead atoms. The van der Waals surface area contributed by atoms with Gasteiger partial charge >= 0.3 is 0 Å². The van der Waals surface area contributed by atoms with Gasteiger partial charge in [-0.05, 0) is 33.6 Å². The molecule has 5 nitrogen and oxygen atoms in total. The Morgan fingerprint density at radius 2 is 2.00 bits per heavy atom. The molecule has 0 saturated carbocycles. The number of hydrogen-bond donors (Lipinski definition) is 2. The molecule has 1 aliphatic rings. The largest absolute Gasteiger partial charge is 0.396 e. The number of nitrogens with zero attached hydrogens (tertiary/aromatic N) is 3. The number of aromatic nitrogens is 2. The van der Waals surface area contributed by atoms with Crippen LogP contribution in [0.25, 0.3) is 0 Å². The van der Waals surface area contributed by atoms with E-state index < -0.39 is 6.10 Å². The van der Waals surface area contributed by atoms with Crippen LogP contribution in [0.2, 0.25) is 0 Å². The molecule has 2 heterocycles. The quantitative estimate of drug-likeness (QED) is 0.885. The Bertz CT molecular complexity index is 507. The molecular weight excluding hydrogens is 266 g/mol. The standard InChI is InChI=1S/C16H27N3O2/c1-5-6-16(10-20)7-8-19(9-14(16)21)15-11(2)12(3)17-13(4)18-15/h14,20-21H,5-10H2,1-4H3/t14-,16+/m0/s1. The van der Waals surface area contributed by atoms with Crippen molar-refractivity contribution in [1.29, 1.82) is 0 Å². The van der Waals surface area contributed by atoms with E-state index in [1.54, 1.807) is 0 Å². The SMILES string of the molecule is CCC[C@]1(CO)CCN(c2nc(C)nc(C)c2C)C[C@@H]1O. The molecule has 0 unspecified atom stereocenters. The summed E-state index contributed by atoms with van der Waals surface area (Å²) in [6.45, 7) is 9.39. The third-order valence-corrected chi connectivity index (χ3v) is 4.82. The average molecular weight is 293 g/mol. The number of rotatable bonds is 4. The molecule has 2 atom stereocenters. The van der Waals surface area contributed by atoms with E-state index in [-0.39, 0.29) is 12.0 Å². The maximum absolute atomic E-state index is 10.6. The lowest BCUT2D eigenvalue weighted by Crippen LogP contribution is -2.53. The van der Waals surface area contributed by atoms with Crippen molar-refractivity contribution in [2.24, 2.45) is 5.41 Å². The molecule has 1 aromatic rings. The third-order valence-electron chi connectivity index (χ3n) is 4.82. The molecular formula is C16H27N3O2. The predicted molar refractivity (Wildman–Crippen MR) is 83.5 cm³/mol. The Morgan fingerprint density at radius 1 is 1.29 bits per heavy atom. The van der Waals surface area contributed by atoms with Crippen LogP contribution in [0.15, 0.2) is 0 Å². The Hall–Kier alpha value is -1.20. The minimum absolute atomic E-state index is 0.0522. The summed E-state index contributed by atoms with van der Waals surface area (Å²) >= 11 is 0. The Morgan fingerprint density at radius 3 is 2.57 bits per heavy atom. The number of piperidine rings is 1. The van der Waals surface area contributed by atoms with Crippen molar-refractivity contribution >= 4 is 5.82 Å². The van der Waals surface area contributed by atoms with E-state index in [0.717, 1.165) is 48.7 Å². The van der Waals surface area contributed by atoms with Crippen LogP contribution in [-0.2, 0) is 0 Å². The van der Waals surface area contributed by atoms with E-state index in [0.29, 0.717) is 6.54 Å². The minimum Gasteiger partial charge on any atom is -0.396 e. The van der Waals surface area contributed by atoms with Crippen molar-refractivity contribution in [3.05, 3.63) is 17.1 Å². The van der Waals surface area contributed by atoms with Crippen LogP contribution in [0.4, 0.5) is 5.82 Å². The van der Waals surface area contributed by atoms with Gasteiger partial charge in [-0.1, -0.05) is 13.3 Å². The summed E-state index contributed by atoms with van der Waals surface area (Å²) in [6.07, 6.45) is 2.10. The van der Waals surface area contributed by atoms with Crippen LogP contribution < -0.4 is 4.90 Å². The van der Waals surface area contributed by atoms with E-state index in [2.05, 4.69) is 21.8 Å². The van der Waals surface area contributed by atoms with Gasteiger partial charge in [-0.15, -0.1) is 0 Å². The first-order valence-electron chi connectivity index (χ1n) is 7.79. The van der Waals surface area contributed by atoms with Crippen LogP contribution in [0.1, 0.15) is 43.3 Å². The Kier molecular flexibility index (Phi) is 4.84. The van der Waals surface area contributed by atoms with Gasteiger partial charge in [-0.2, -0.15) is 0 Å². The van der Waals surface area contributed by atoms with Crippen LogP contribution >= 0.6 is 0 Å². The van der Waals surface area contributed by atoms with Gasteiger partial charge in [0.1, 0.15) is 11.6 Å². The maximum Gasteiger partial charge on any atom is 0.135 e. The molecule has 0 spiro atoms. The fourth-order valence-corrected chi connectivity index (χ4v) is 3.32. The van der Waals surface area contributed by atoms with Crippen molar-refractivity contribution in [3.8, 4) is 0 Å². The Labute approximate surface area is 127 Å². The molecule has 1 saturated heterocycles. The van der Waals surface area contributed by atoms with Crippen LogP contribution in [0, 0.1) is 26.2 Å². The highest BCUT2D eigenvalue weighted by molar-refractivity contribution is 5.49. The molecule has 2 N–H and O–H groups in total. The first-order chi connectivity index (χ1) is 9.93. The zero-order valence-electron chi connectivity index (χ0n) is 13.6. The second-order valence-corrected chi connectivity index (χ2v) is 6.29. The molecule has 0 aliphatic carbocycles. The van der Waals surface area contributed by atoms with Crippen LogP contribution in [0.3, 0.4) is 0 Å². The first-order valence-corrected chi connectivity index (χ1v) is 7.79. The molecule has 118 valence electrons. The maximum atomic E-state index is 10.6. The lowest BCUT2D eigenvalue weighted by atomic mass is 9.73. The van der Waals surface area contributed by atoms with Gasteiger partial charge in [0, 0.05) is 29.8 Å². The van der Waals surface area contributed by atoms with Crippen LogP contribution in [-0.4, -0.2) is 46.0 Å². The highest BCUT2D eigenvalue weighted by atomic mass is 16.3. The smallest absolute Gasteiger partial charge is 0.135 e. The molecule has 1 aliphatic heterocycles. The molecule has 0 amide bonds. The number of hydrogen-bond acceptors (Lipinski definition) is 5. The number of β-amino-alcohol motifs (C(OH)–C–C–N with tert-alkyl or cyclic N) is 1. The lowest BCUT2D eigenvalue weighted by molar-refractivity contribution is -0.0372. The highest BCUT2D eigenvalue weighted by Gasteiger charge is 2.41. The lowest BCUT2D eigenvalue weighted by Gasteiger charge is -2.45. The summed E-state index contributed by atoms with van der Waals surface area (Å²) in [5.74, 6) is 1.68. The number of anilines is 1. The summed E-state index contributed by atoms with van der Waals surface area (Å²) in [5.41, 5.74) is 1.70. The zero-order chi connectivity index (χ0) is 15.6. The average Bonchev–Trinajstić information content (AvgIpc) is 2.45. The zero-order valence-corrected chi connectivity index (χ0v) is 13.6. The first kappa shape index (κ1) is 16.2. The van der Waals surface area contributed by atoms with E-state index in [1.807, 2.05) is 20.8 Å². The van der Waals surface area contributed by atoms with Crippen molar-refractivity contribution in [1.82, 2.24) is 9.97 Å². The normalized spacial score (nSPS) is 26.2. The van der Waals surface area contributed by atoms with Crippen molar-refractivity contribution in [3.63, 3.8) is 0 Å². The second-order valence-electron chi connectivity index (χ2n) is 6.29. The van der Waals surface area contributed by atoms with Crippen LogP contribution in [0.5, 0.6) is 0 Å². The van der Waals surface area contributed by atoms with Gasteiger partial charge in [0.05, 0.1) is 12.7 Å². The second kappa shape index (κ2) is 6.28. The molecule has 0 aromatic carbocycles. The minimum atomic E-state index is -0.522. The van der Waals surface area contributed by atoms with E-state index in [9.17, 15) is 10.2 Å². The topological polar surface area (TPSA) is 69.5 Å². The fraction of sp³-hybridized carbons (Fsp3) is 0.750. The molecule has 5 heteroatoms. The summed E-state index contributed by atoms with van der Waals surface area (Å²) in [5, 5.41) is 20.3. The predicted octanol–water partition coefficient (Wildman–Crippen LogP) is 1.75. The third kappa shape index (κ3) is 3.04. The van der Waals surface area contributed by atoms with Crippen molar-refractivity contribution in [2.45, 2.75) is 53.1 Å².